The summed E-state index contributed by atoms with van der Waals surface area (Å²) in [4.78, 5) is 2.50. The van der Waals surface area contributed by atoms with Gasteiger partial charge in [-0.2, -0.15) is 0 Å². The van der Waals surface area contributed by atoms with Crippen molar-refractivity contribution in [1.29, 1.82) is 0 Å². The molecule has 0 spiro atoms. The van der Waals surface area contributed by atoms with Crippen LogP contribution in [0.3, 0.4) is 0 Å². The van der Waals surface area contributed by atoms with Crippen LogP contribution in [0.25, 0.3) is 0 Å². The van der Waals surface area contributed by atoms with Crippen LogP contribution in [0.1, 0.15) is 32.8 Å². The van der Waals surface area contributed by atoms with Crippen molar-refractivity contribution in [3.8, 4) is 0 Å². The SMILES string of the molecule is CC(C)C1CN(Cc2ccc(F)cc2Br)C(C)CCN1. The monoisotopic (exact) mass is 342 g/mol. The molecule has 1 aliphatic heterocycles. The van der Waals surface area contributed by atoms with E-state index in [2.05, 4.69) is 46.9 Å². The molecule has 1 aromatic rings. The maximum atomic E-state index is 13.2. The van der Waals surface area contributed by atoms with E-state index in [0.717, 1.165) is 36.1 Å². The van der Waals surface area contributed by atoms with Crippen molar-refractivity contribution in [3.05, 3.63) is 34.1 Å². The third-order valence-corrected chi connectivity index (χ3v) is 4.95. The van der Waals surface area contributed by atoms with E-state index >= 15 is 0 Å². The average Bonchev–Trinajstić information content (AvgIpc) is 2.55. The molecule has 4 heteroatoms. The molecule has 1 fully saturated rings. The van der Waals surface area contributed by atoms with Gasteiger partial charge in [0.1, 0.15) is 5.82 Å². The Kier molecular flexibility index (Phi) is 5.58. The lowest BCUT2D eigenvalue weighted by Gasteiger charge is -2.30. The Balaban J connectivity index is 2.12. The molecule has 0 aliphatic carbocycles. The van der Waals surface area contributed by atoms with Crippen LogP contribution >= 0.6 is 15.9 Å². The summed E-state index contributed by atoms with van der Waals surface area (Å²) < 4.78 is 14.0. The lowest BCUT2D eigenvalue weighted by Crippen LogP contribution is -2.42. The Labute approximate surface area is 129 Å². The molecular weight excluding hydrogens is 319 g/mol. The Morgan fingerprint density at radius 1 is 1.45 bits per heavy atom. The zero-order valence-electron chi connectivity index (χ0n) is 12.5. The number of hydrogen-bond acceptors (Lipinski definition) is 2. The van der Waals surface area contributed by atoms with Crippen molar-refractivity contribution in [2.45, 2.75) is 45.8 Å². The van der Waals surface area contributed by atoms with Crippen LogP contribution in [-0.2, 0) is 6.54 Å². The van der Waals surface area contributed by atoms with E-state index in [1.54, 1.807) is 12.1 Å². The quantitative estimate of drug-likeness (QED) is 0.898. The Bertz CT molecular complexity index is 450. The first-order chi connectivity index (χ1) is 9.47. The first-order valence-corrected chi connectivity index (χ1v) is 8.18. The zero-order chi connectivity index (χ0) is 14.7. The average molecular weight is 343 g/mol. The molecule has 2 atom stereocenters. The molecule has 112 valence electrons. The summed E-state index contributed by atoms with van der Waals surface area (Å²) >= 11 is 3.48. The first kappa shape index (κ1) is 15.9. The molecule has 1 saturated heterocycles. The molecule has 0 saturated carbocycles. The van der Waals surface area contributed by atoms with E-state index in [0.29, 0.717) is 18.0 Å². The van der Waals surface area contributed by atoms with Gasteiger partial charge in [0.2, 0.25) is 0 Å². The van der Waals surface area contributed by atoms with Gasteiger partial charge in [-0.1, -0.05) is 35.8 Å². The van der Waals surface area contributed by atoms with Crippen LogP contribution in [0, 0.1) is 11.7 Å². The van der Waals surface area contributed by atoms with Gasteiger partial charge >= 0.3 is 0 Å². The van der Waals surface area contributed by atoms with E-state index in [4.69, 9.17) is 0 Å². The van der Waals surface area contributed by atoms with Crippen LogP contribution in [0.5, 0.6) is 0 Å². The van der Waals surface area contributed by atoms with E-state index in [-0.39, 0.29) is 5.82 Å². The van der Waals surface area contributed by atoms with Gasteiger partial charge in [0.05, 0.1) is 0 Å². The van der Waals surface area contributed by atoms with E-state index in [1.807, 2.05) is 6.07 Å². The molecular formula is C16H24BrFN2. The van der Waals surface area contributed by atoms with E-state index in [1.165, 1.54) is 0 Å². The van der Waals surface area contributed by atoms with Crippen molar-refractivity contribution >= 4 is 15.9 Å². The fourth-order valence-electron chi connectivity index (χ4n) is 2.69. The molecule has 20 heavy (non-hydrogen) atoms. The summed E-state index contributed by atoms with van der Waals surface area (Å²) in [5.74, 6) is 0.436. The van der Waals surface area contributed by atoms with Crippen molar-refractivity contribution in [2.75, 3.05) is 13.1 Å². The number of nitrogens with one attached hydrogen (secondary N) is 1. The number of benzene rings is 1. The molecule has 2 rings (SSSR count). The second-order valence-electron chi connectivity index (χ2n) is 6.11. The summed E-state index contributed by atoms with van der Waals surface area (Å²) in [6.07, 6.45) is 1.15. The summed E-state index contributed by atoms with van der Waals surface area (Å²) in [5.41, 5.74) is 1.16. The Morgan fingerprint density at radius 3 is 2.85 bits per heavy atom. The van der Waals surface area contributed by atoms with E-state index < -0.39 is 0 Å². The smallest absolute Gasteiger partial charge is 0.124 e. The highest BCUT2D eigenvalue weighted by Crippen LogP contribution is 2.23. The molecule has 1 aliphatic rings. The molecule has 2 unspecified atom stereocenters. The lowest BCUT2D eigenvalue weighted by molar-refractivity contribution is 0.183. The number of halogens is 2. The summed E-state index contributed by atoms with van der Waals surface area (Å²) in [6.45, 7) is 9.79. The first-order valence-electron chi connectivity index (χ1n) is 7.38. The van der Waals surface area contributed by atoms with Gasteiger partial charge in [-0.25, -0.2) is 4.39 Å². The van der Waals surface area contributed by atoms with Gasteiger partial charge in [-0.15, -0.1) is 0 Å². The minimum absolute atomic E-state index is 0.189. The molecule has 2 nitrogen and oxygen atoms in total. The number of nitrogens with zero attached hydrogens (tertiary/aromatic N) is 1. The molecule has 1 N–H and O–H groups in total. The fourth-order valence-corrected chi connectivity index (χ4v) is 3.17. The van der Waals surface area contributed by atoms with E-state index in [9.17, 15) is 4.39 Å². The Hall–Kier alpha value is -0.450. The maximum Gasteiger partial charge on any atom is 0.124 e. The van der Waals surface area contributed by atoms with Crippen molar-refractivity contribution in [2.24, 2.45) is 5.92 Å². The number of rotatable bonds is 3. The van der Waals surface area contributed by atoms with Crippen molar-refractivity contribution in [3.63, 3.8) is 0 Å². The standard InChI is InChI=1S/C16H24BrFN2/c1-11(2)16-10-20(12(3)6-7-19-16)9-13-4-5-14(18)8-15(13)17/h4-5,8,11-12,16,19H,6-7,9-10H2,1-3H3. The lowest BCUT2D eigenvalue weighted by atomic mass is 10.0. The van der Waals surface area contributed by atoms with Crippen LogP contribution in [0.15, 0.2) is 22.7 Å². The maximum absolute atomic E-state index is 13.2. The van der Waals surface area contributed by atoms with Gasteiger partial charge in [0.25, 0.3) is 0 Å². The minimum Gasteiger partial charge on any atom is -0.312 e. The molecule has 0 bridgehead atoms. The predicted octanol–water partition coefficient (Wildman–Crippen LogP) is 3.80. The highest BCUT2D eigenvalue weighted by molar-refractivity contribution is 9.10. The second-order valence-corrected chi connectivity index (χ2v) is 6.96. The number of hydrogen-bond donors (Lipinski definition) is 1. The summed E-state index contributed by atoms with van der Waals surface area (Å²) in [7, 11) is 0. The largest absolute Gasteiger partial charge is 0.312 e. The summed E-state index contributed by atoms with van der Waals surface area (Å²) in [5, 5.41) is 3.64. The highest BCUT2D eigenvalue weighted by Gasteiger charge is 2.25. The van der Waals surface area contributed by atoms with Gasteiger partial charge in [-0.3, -0.25) is 4.90 Å². The van der Waals surface area contributed by atoms with Crippen LogP contribution in [-0.4, -0.2) is 30.1 Å². The second kappa shape index (κ2) is 7.01. The molecule has 0 radical (unpaired) electrons. The minimum atomic E-state index is -0.189. The van der Waals surface area contributed by atoms with Crippen LogP contribution in [0.2, 0.25) is 0 Å². The van der Waals surface area contributed by atoms with Crippen molar-refractivity contribution < 1.29 is 4.39 Å². The van der Waals surface area contributed by atoms with Crippen molar-refractivity contribution in [1.82, 2.24) is 10.2 Å². The van der Waals surface area contributed by atoms with Crippen LogP contribution < -0.4 is 5.32 Å². The normalized spacial score (nSPS) is 24.9. The topological polar surface area (TPSA) is 15.3 Å². The van der Waals surface area contributed by atoms with Gasteiger partial charge in [-0.05, 0) is 43.5 Å². The predicted molar refractivity (Wildman–Crippen MR) is 85.2 cm³/mol. The van der Waals surface area contributed by atoms with Gasteiger partial charge < -0.3 is 5.32 Å². The molecule has 0 aromatic heterocycles. The zero-order valence-corrected chi connectivity index (χ0v) is 14.1. The van der Waals surface area contributed by atoms with Crippen LogP contribution in [0.4, 0.5) is 4.39 Å². The highest BCUT2D eigenvalue weighted by atomic mass is 79.9. The van der Waals surface area contributed by atoms with Gasteiger partial charge in [0, 0.05) is 29.6 Å². The fraction of sp³-hybridized carbons (Fsp3) is 0.625. The third-order valence-electron chi connectivity index (χ3n) is 4.22. The third kappa shape index (κ3) is 4.03. The van der Waals surface area contributed by atoms with Gasteiger partial charge in [0.15, 0.2) is 0 Å². The molecule has 1 aromatic carbocycles. The summed E-state index contributed by atoms with van der Waals surface area (Å²) in [6, 6.07) is 6.05. The molecule has 1 heterocycles. The Morgan fingerprint density at radius 2 is 2.20 bits per heavy atom. The molecule has 0 amide bonds.